The molecule has 0 aliphatic carbocycles. The van der Waals surface area contributed by atoms with Crippen LogP contribution in [0.25, 0.3) is 11.3 Å². The van der Waals surface area contributed by atoms with Gasteiger partial charge in [0.15, 0.2) is 0 Å². The Labute approximate surface area is 157 Å². The fourth-order valence-electron chi connectivity index (χ4n) is 3.45. The summed E-state index contributed by atoms with van der Waals surface area (Å²) in [7, 11) is 0. The van der Waals surface area contributed by atoms with Gasteiger partial charge < -0.3 is 4.90 Å². The number of hydrogen-bond acceptors (Lipinski definition) is 3. The van der Waals surface area contributed by atoms with Gasteiger partial charge in [-0.25, -0.2) is 0 Å². The predicted molar refractivity (Wildman–Crippen MR) is 101 cm³/mol. The van der Waals surface area contributed by atoms with Gasteiger partial charge in [-0.15, -0.1) is 0 Å². The summed E-state index contributed by atoms with van der Waals surface area (Å²) in [6, 6.07) is 11.6. The first-order valence-electron chi connectivity index (χ1n) is 8.63. The quantitative estimate of drug-likeness (QED) is 0.760. The standard InChI is InChI=1S/C20H19ClN4O/c1-13-11-22-8-6-17(13)18-10-19(24-23-18)20(26)25-9-7-15(12-25)14-2-4-16(21)5-3-14/h2-6,8,10-11,15H,7,9,12H2,1H3,(H,23,24)/t15-/m0/s1. The molecule has 4 rings (SSSR count). The van der Waals surface area contributed by atoms with Crippen molar-refractivity contribution < 1.29 is 4.79 Å². The molecule has 1 atom stereocenters. The molecule has 3 aromatic rings. The molecule has 0 spiro atoms. The number of aromatic amines is 1. The zero-order valence-electron chi connectivity index (χ0n) is 14.4. The van der Waals surface area contributed by atoms with Crippen LogP contribution in [0.2, 0.25) is 5.02 Å². The zero-order valence-corrected chi connectivity index (χ0v) is 15.2. The van der Waals surface area contributed by atoms with Crippen LogP contribution in [0.15, 0.2) is 48.8 Å². The van der Waals surface area contributed by atoms with E-state index in [4.69, 9.17) is 11.6 Å². The Bertz CT molecular complexity index is 935. The Balaban J connectivity index is 1.49. The van der Waals surface area contributed by atoms with Crippen molar-refractivity contribution in [1.82, 2.24) is 20.1 Å². The largest absolute Gasteiger partial charge is 0.337 e. The number of carbonyl (C=O) groups is 1. The summed E-state index contributed by atoms with van der Waals surface area (Å²) in [6.07, 6.45) is 4.48. The molecule has 26 heavy (non-hydrogen) atoms. The summed E-state index contributed by atoms with van der Waals surface area (Å²) in [5.74, 6) is 0.341. The van der Waals surface area contributed by atoms with E-state index in [2.05, 4.69) is 15.2 Å². The van der Waals surface area contributed by atoms with Gasteiger partial charge in [0.25, 0.3) is 5.91 Å². The molecule has 132 valence electrons. The monoisotopic (exact) mass is 366 g/mol. The molecule has 0 bridgehead atoms. The fourth-order valence-corrected chi connectivity index (χ4v) is 3.58. The van der Waals surface area contributed by atoms with Crippen molar-refractivity contribution in [2.75, 3.05) is 13.1 Å². The van der Waals surface area contributed by atoms with Crippen LogP contribution in [0.4, 0.5) is 0 Å². The molecule has 3 heterocycles. The average Bonchev–Trinajstić information content (AvgIpc) is 3.32. The minimum absolute atomic E-state index is 0.00748. The Morgan fingerprint density at radius 1 is 1.27 bits per heavy atom. The molecule has 1 saturated heterocycles. The number of halogens is 1. The molecule has 0 radical (unpaired) electrons. The lowest BCUT2D eigenvalue weighted by molar-refractivity contribution is 0.0785. The second-order valence-corrected chi connectivity index (χ2v) is 7.08. The Morgan fingerprint density at radius 3 is 2.85 bits per heavy atom. The number of aryl methyl sites for hydroxylation is 1. The van der Waals surface area contributed by atoms with E-state index in [0.29, 0.717) is 18.2 Å². The number of nitrogens with one attached hydrogen (secondary N) is 1. The lowest BCUT2D eigenvalue weighted by atomic mass is 9.99. The summed E-state index contributed by atoms with van der Waals surface area (Å²) < 4.78 is 0. The average molecular weight is 367 g/mol. The van der Waals surface area contributed by atoms with E-state index in [0.717, 1.165) is 34.8 Å². The summed E-state index contributed by atoms with van der Waals surface area (Å²) in [4.78, 5) is 18.8. The van der Waals surface area contributed by atoms with Crippen molar-refractivity contribution in [3.63, 3.8) is 0 Å². The number of aromatic nitrogens is 3. The van der Waals surface area contributed by atoms with Crippen LogP contribution in [0.3, 0.4) is 0 Å². The van der Waals surface area contributed by atoms with Crippen molar-refractivity contribution in [1.29, 1.82) is 0 Å². The number of pyridine rings is 1. The molecule has 0 saturated carbocycles. The van der Waals surface area contributed by atoms with E-state index >= 15 is 0 Å². The van der Waals surface area contributed by atoms with Crippen LogP contribution in [0.1, 0.15) is 34.0 Å². The van der Waals surface area contributed by atoms with Crippen molar-refractivity contribution >= 4 is 17.5 Å². The highest BCUT2D eigenvalue weighted by atomic mass is 35.5. The van der Waals surface area contributed by atoms with Crippen LogP contribution in [-0.4, -0.2) is 39.1 Å². The molecule has 0 unspecified atom stereocenters. The van der Waals surface area contributed by atoms with Crippen LogP contribution in [-0.2, 0) is 0 Å². The normalized spacial score (nSPS) is 16.8. The highest BCUT2D eigenvalue weighted by Gasteiger charge is 2.29. The third-order valence-corrected chi connectivity index (χ3v) is 5.17. The smallest absolute Gasteiger partial charge is 0.271 e. The number of nitrogens with zero attached hydrogens (tertiary/aromatic N) is 3. The molecule has 1 N–H and O–H groups in total. The van der Waals surface area contributed by atoms with Crippen molar-refractivity contribution in [2.45, 2.75) is 19.3 Å². The second-order valence-electron chi connectivity index (χ2n) is 6.65. The Morgan fingerprint density at radius 2 is 2.08 bits per heavy atom. The first-order valence-corrected chi connectivity index (χ1v) is 9.01. The third-order valence-electron chi connectivity index (χ3n) is 4.92. The summed E-state index contributed by atoms with van der Waals surface area (Å²) in [6.45, 7) is 3.44. The minimum Gasteiger partial charge on any atom is -0.337 e. The summed E-state index contributed by atoms with van der Waals surface area (Å²) >= 11 is 5.96. The van der Waals surface area contributed by atoms with Gasteiger partial charge >= 0.3 is 0 Å². The number of H-pyrrole nitrogens is 1. The van der Waals surface area contributed by atoms with Gasteiger partial charge in [0, 0.05) is 42.0 Å². The maximum atomic E-state index is 12.8. The number of rotatable bonds is 3. The lowest BCUT2D eigenvalue weighted by Gasteiger charge is -2.15. The summed E-state index contributed by atoms with van der Waals surface area (Å²) in [5, 5.41) is 7.94. The van der Waals surface area contributed by atoms with Crippen LogP contribution in [0.5, 0.6) is 0 Å². The number of carbonyl (C=O) groups excluding carboxylic acids is 1. The predicted octanol–water partition coefficient (Wildman–Crippen LogP) is 4.06. The van der Waals surface area contributed by atoms with Gasteiger partial charge in [-0.3, -0.25) is 14.9 Å². The van der Waals surface area contributed by atoms with E-state index in [-0.39, 0.29) is 5.91 Å². The number of likely N-dealkylation sites (tertiary alicyclic amines) is 1. The highest BCUT2D eigenvalue weighted by molar-refractivity contribution is 6.30. The molecule has 5 nitrogen and oxygen atoms in total. The van der Waals surface area contributed by atoms with Gasteiger partial charge in [0.1, 0.15) is 5.69 Å². The van der Waals surface area contributed by atoms with E-state index in [1.54, 1.807) is 12.4 Å². The van der Waals surface area contributed by atoms with E-state index in [1.807, 2.05) is 48.2 Å². The maximum Gasteiger partial charge on any atom is 0.271 e. The first-order chi connectivity index (χ1) is 12.6. The molecule has 2 aromatic heterocycles. The van der Waals surface area contributed by atoms with E-state index in [1.165, 1.54) is 5.56 Å². The number of benzene rings is 1. The Kier molecular flexibility index (Phi) is 4.47. The van der Waals surface area contributed by atoms with Crippen molar-refractivity contribution in [2.24, 2.45) is 0 Å². The molecule has 1 aliphatic heterocycles. The lowest BCUT2D eigenvalue weighted by Crippen LogP contribution is -2.28. The molecule has 1 fully saturated rings. The zero-order chi connectivity index (χ0) is 18.1. The van der Waals surface area contributed by atoms with Gasteiger partial charge in [-0.05, 0) is 48.7 Å². The van der Waals surface area contributed by atoms with Gasteiger partial charge in [0.2, 0.25) is 0 Å². The van der Waals surface area contributed by atoms with Crippen LogP contribution < -0.4 is 0 Å². The molecule has 1 amide bonds. The number of amides is 1. The van der Waals surface area contributed by atoms with Crippen LogP contribution in [0, 0.1) is 6.92 Å². The molecule has 1 aromatic carbocycles. The van der Waals surface area contributed by atoms with E-state index < -0.39 is 0 Å². The van der Waals surface area contributed by atoms with E-state index in [9.17, 15) is 4.79 Å². The van der Waals surface area contributed by atoms with Crippen LogP contribution >= 0.6 is 11.6 Å². The second kappa shape index (κ2) is 6.92. The van der Waals surface area contributed by atoms with Gasteiger partial charge in [-0.2, -0.15) is 5.10 Å². The third kappa shape index (κ3) is 3.22. The Hall–Kier alpha value is -2.66. The molecular weight excluding hydrogens is 348 g/mol. The maximum absolute atomic E-state index is 12.8. The molecular formula is C20H19ClN4O. The first kappa shape index (κ1) is 16.8. The molecule has 1 aliphatic rings. The fraction of sp³-hybridized carbons (Fsp3) is 0.250. The highest BCUT2D eigenvalue weighted by Crippen LogP contribution is 2.29. The SMILES string of the molecule is Cc1cnccc1-c1cc(C(=O)N2CC[C@H](c3ccc(Cl)cc3)C2)[nH]n1. The summed E-state index contributed by atoms with van der Waals surface area (Å²) in [5.41, 5.74) is 4.52. The van der Waals surface area contributed by atoms with Crippen molar-refractivity contribution in [3.05, 3.63) is 70.6 Å². The molecule has 6 heteroatoms. The topological polar surface area (TPSA) is 61.9 Å². The van der Waals surface area contributed by atoms with Crippen molar-refractivity contribution in [3.8, 4) is 11.3 Å². The van der Waals surface area contributed by atoms with Gasteiger partial charge in [-0.1, -0.05) is 23.7 Å². The number of hydrogen-bond donors (Lipinski definition) is 1. The minimum atomic E-state index is -0.00748. The van der Waals surface area contributed by atoms with Gasteiger partial charge in [0.05, 0.1) is 5.69 Å².